The van der Waals surface area contributed by atoms with Crippen molar-refractivity contribution in [2.24, 2.45) is 5.92 Å². The van der Waals surface area contributed by atoms with Crippen LogP contribution in [-0.2, 0) is 21.4 Å². The average Bonchev–Trinajstić information content (AvgIpc) is 2.86. The van der Waals surface area contributed by atoms with E-state index in [2.05, 4.69) is 12.1 Å². The van der Waals surface area contributed by atoms with E-state index < -0.39 is 5.60 Å². The van der Waals surface area contributed by atoms with Crippen molar-refractivity contribution < 1.29 is 19.4 Å². The first-order chi connectivity index (χ1) is 13.9. The minimum absolute atomic E-state index is 0.0290. The van der Waals surface area contributed by atoms with Crippen LogP contribution in [0.4, 0.5) is 0 Å². The number of ether oxygens (including phenoxy) is 1. The second kappa shape index (κ2) is 7.42. The molecule has 29 heavy (non-hydrogen) atoms. The van der Waals surface area contributed by atoms with Gasteiger partial charge in [-0.15, -0.1) is 0 Å². The fraction of sp³-hybridized carbons (Fsp3) is 0.440. The van der Waals surface area contributed by atoms with E-state index in [1.807, 2.05) is 43.3 Å². The molecule has 0 amide bonds. The second-order valence-corrected chi connectivity index (χ2v) is 8.60. The molecule has 4 rings (SSSR count). The molecule has 2 aromatic rings. The van der Waals surface area contributed by atoms with Crippen molar-refractivity contribution in [2.75, 3.05) is 7.11 Å². The summed E-state index contributed by atoms with van der Waals surface area (Å²) in [6.07, 6.45) is 3.54. The quantitative estimate of drug-likeness (QED) is 0.795. The van der Waals surface area contributed by atoms with Crippen LogP contribution in [-0.4, -0.2) is 29.6 Å². The molecule has 2 aliphatic carbocycles. The van der Waals surface area contributed by atoms with Gasteiger partial charge >= 0.3 is 5.97 Å². The van der Waals surface area contributed by atoms with Gasteiger partial charge in [0.2, 0.25) is 0 Å². The molecule has 0 radical (unpaired) electrons. The van der Waals surface area contributed by atoms with Crippen LogP contribution in [0, 0.1) is 5.92 Å². The van der Waals surface area contributed by atoms with E-state index in [0.29, 0.717) is 37.7 Å². The number of methoxy groups -OCH3 is 1. The van der Waals surface area contributed by atoms with Crippen molar-refractivity contribution in [3.63, 3.8) is 0 Å². The molecular weight excluding hydrogens is 364 g/mol. The van der Waals surface area contributed by atoms with E-state index in [-0.39, 0.29) is 23.1 Å². The number of hydrogen-bond acceptors (Lipinski definition) is 4. The third-order valence-corrected chi connectivity index (χ3v) is 7.12. The molecule has 0 bridgehead atoms. The van der Waals surface area contributed by atoms with Gasteiger partial charge in [-0.1, -0.05) is 43.3 Å². The summed E-state index contributed by atoms with van der Waals surface area (Å²) in [7, 11) is 1.37. The zero-order valence-electron chi connectivity index (χ0n) is 17.1. The van der Waals surface area contributed by atoms with Gasteiger partial charge in [0.25, 0.3) is 0 Å². The van der Waals surface area contributed by atoms with Crippen molar-refractivity contribution in [1.29, 1.82) is 0 Å². The molecule has 1 fully saturated rings. The Hall–Kier alpha value is -2.46. The summed E-state index contributed by atoms with van der Waals surface area (Å²) < 4.78 is 4.89. The molecule has 0 heterocycles. The van der Waals surface area contributed by atoms with Gasteiger partial charge in [0.05, 0.1) is 18.3 Å². The van der Waals surface area contributed by atoms with Gasteiger partial charge in [0, 0.05) is 18.3 Å². The Balaban J connectivity index is 1.94. The number of aliphatic hydroxyl groups is 1. The van der Waals surface area contributed by atoms with E-state index in [1.54, 1.807) is 0 Å². The highest BCUT2D eigenvalue weighted by atomic mass is 16.5. The molecule has 4 heteroatoms. The zero-order valence-corrected chi connectivity index (χ0v) is 17.1. The molecule has 0 aromatic heterocycles. The molecule has 1 N–H and O–H groups in total. The van der Waals surface area contributed by atoms with Gasteiger partial charge in [0.1, 0.15) is 5.78 Å². The second-order valence-electron chi connectivity index (χ2n) is 8.60. The third-order valence-electron chi connectivity index (χ3n) is 7.12. The van der Waals surface area contributed by atoms with E-state index in [1.165, 1.54) is 12.7 Å². The molecule has 0 aliphatic heterocycles. The van der Waals surface area contributed by atoms with Gasteiger partial charge in [-0.3, -0.25) is 4.79 Å². The zero-order chi connectivity index (χ0) is 20.6. The highest BCUT2D eigenvalue weighted by Gasteiger charge is 2.52. The van der Waals surface area contributed by atoms with Crippen molar-refractivity contribution in [3.8, 4) is 0 Å². The fourth-order valence-electron chi connectivity index (χ4n) is 5.54. The number of benzene rings is 2. The number of carbonyl (C=O) groups excluding carboxylic acids is 2. The lowest BCUT2D eigenvalue weighted by molar-refractivity contribution is -0.121. The van der Waals surface area contributed by atoms with Crippen LogP contribution < -0.4 is 0 Å². The average molecular weight is 392 g/mol. The SMILES string of the molecule is CC[C@@]1(O)CCC2(c3ccccc3)c3ccc(C(=O)OC)cc3CC(=O)C[C@H]2C1. The number of carbonyl (C=O) groups is 2. The van der Waals surface area contributed by atoms with Crippen molar-refractivity contribution in [2.45, 2.75) is 56.5 Å². The monoisotopic (exact) mass is 392 g/mol. The maximum atomic E-state index is 12.9. The summed E-state index contributed by atoms with van der Waals surface area (Å²) in [5.41, 5.74) is 2.63. The highest BCUT2D eigenvalue weighted by Crippen LogP contribution is 2.55. The Morgan fingerprint density at radius 3 is 2.62 bits per heavy atom. The first-order valence-corrected chi connectivity index (χ1v) is 10.4. The Bertz CT molecular complexity index is 935. The van der Waals surface area contributed by atoms with Crippen LogP contribution in [0.25, 0.3) is 0 Å². The number of rotatable bonds is 3. The minimum atomic E-state index is -0.723. The first-order valence-electron chi connectivity index (χ1n) is 10.4. The first kappa shape index (κ1) is 19.8. The molecule has 3 atom stereocenters. The smallest absolute Gasteiger partial charge is 0.337 e. The lowest BCUT2D eigenvalue weighted by Gasteiger charge is -2.50. The highest BCUT2D eigenvalue weighted by molar-refractivity contribution is 5.91. The summed E-state index contributed by atoms with van der Waals surface area (Å²) in [6.45, 7) is 2.02. The maximum Gasteiger partial charge on any atom is 0.337 e. The Morgan fingerprint density at radius 2 is 1.93 bits per heavy atom. The predicted octanol–water partition coefficient (Wildman–Crippen LogP) is 4.22. The van der Waals surface area contributed by atoms with Crippen molar-refractivity contribution >= 4 is 11.8 Å². The van der Waals surface area contributed by atoms with Gasteiger partial charge in [0.15, 0.2) is 0 Å². The van der Waals surface area contributed by atoms with E-state index in [4.69, 9.17) is 4.74 Å². The van der Waals surface area contributed by atoms with Crippen molar-refractivity contribution in [1.82, 2.24) is 0 Å². The molecule has 0 saturated heterocycles. The summed E-state index contributed by atoms with van der Waals surface area (Å²) in [5.74, 6) is -0.198. The molecule has 1 unspecified atom stereocenters. The molecule has 1 saturated carbocycles. The Labute approximate surface area is 171 Å². The molecule has 2 aromatic carbocycles. The van der Waals surface area contributed by atoms with Crippen LogP contribution in [0.1, 0.15) is 66.1 Å². The van der Waals surface area contributed by atoms with Gasteiger partial charge in [-0.2, -0.15) is 0 Å². The molecular formula is C25H28O4. The molecule has 152 valence electrons. The predicted molar refractivity (Wildman–Crippen MR) is 111 cm³/mol. The largest absolute Gasteiger partial charge is 0.465 e. The minimum Gasteiger partial charge on any atom is -0.465 e. The van der Waals surface area contributed by atoms with Crippen molar-refractivity contribution in [3.05, 3.63) is 70.8 Å². The molecule has 4 nitrogen and oxygen atoms in total. The van der Waals surface area contributed by atoms with Crippen LogP contribution >= 0.6 is 0 Å². The maximum absolute atomic E-state index is 12.9. The number of esters is 1. The normalized spacial score (nSPS) is 28.8. The Morgan fingerprint density at radius 1 is 1.17 bits per heavy atom. The van der Waals surface area contributed by atoms with Gasteiger partial charge in [-0.25, -0.2) is 4.79 Å². The van der Waals surface area contributed by atoms with E-state index in [0.717, 1.165) is 17.5 Å². The summed E-state index contributed by atoms with van der Waals surface area (Å²) in [6, 6.07) is 16.0. The lowest BCUT2D eigenvalue weighted by Crippen LogP contribution is -2.48. The fourth-order valence-corrected chi connectivity index (χ4v) is 5.54. The number of hydrogen-bond donors (Lipinski definition) is 1. The third kappa shape index (κ3) is 3.29. The topological polar surface area (TPSA) is 63.6 Å². The summed E-state index contributed by atoms with van der Waals surface area (Å²) >= 11 is 0. The van der Waals surface area contributed by atoms with Gasteiger partial charge in [-0.05, 0) is 60.4 Å². The number of ketones is 1. The van der Waals surface area contributed by atoms with Crippen LogP contribution in [0.2, 0.25) is 0 Å². The standard InChI is InChI=1S/C25H28O4/c1-3-24(28)11-12-25(19-7-5-4-6-8-19)20(16-24)15-21(26)14-18-13-17(23(27)29-2)9-10-22(18)25/h4-10,13,20,28H,3,11-12,14-16H2,1-2H3/t20-,24+,25?/m0/s1. The Kier molecular flexibility index (Phi) is 5.07. The van der Waals surface area contributed by atoms with Crippen LogP contribution in [0.5, 0.6) is 0 Å². The van der Waals surface area contributed by atoms with Gasteiger partial charge < -0.3 is 9.84 Å². The van der Waals surface area contributed by atoms with E-state index in [9.17, 15) is 14.7 Å². The number of Topliss-reactive ketones (excluding diaryl/α,β-unsaturated/α-hetero) is 1. The van der Waals surface area contributed by atoms with Crippen LogP contribution in [0.15, 0.2) is 48.5 Å². The summed E-state index contributed by atoms with van der Waals surface area (Å²) in [4.78, 5) is 25.0. The molecule has 0 spiro atoms. The summed E-state index contributed by atoms with van der Waals surface area (Å²) in [5, 5.41) is 11.1. The lowest BCUT2D eigenvalue weighted by atomic mass is 9.55. The molecule has 2 aliphatic rings. The van der Waals surface area contributed by atoms with E-state index >= 15 is 0 Å². The number of fused-ring (bicyclic) bond motifs is 3. The van der Waals surface area contributed by atoms with Crippen LogP contribution in [0.3, 0.4) is 0 Å².